The Kier molecular flexibility index (Phi) is 9.20. The summed E-state index contributed by atoms with van der Waals surface area (Å²) in [4.78, 5) is 62.7. The molecule has 0 aromatic heterocycles. The van der Waals surface area contributed by atoms with Gasteiger partial charge < -0.3 is 20.9 Å². The number of hydrogen-bond acceptors (Lipinski definition) is 6. The number of Topliss-reactive ketones (excluding diaryl/α,β-unsaturated/α-hetero) is 1. The zero-order chi connectivity index (χ0) is 28.3. The monoisotopic (exact) mass is 546 g/mol. The number of ketones is 1. The molecular formula is C21H28F6N4O6. The zero-order valence-electron chi connectivity index (χ0n) is 20.2. The minimum absolute atomic E-state index is 0.169. The van der Waals surface area contributed by atoms with Crippen LogP contribution in [0.4, 0.5) is 26.3 Å². The number of carbonyl (C=O) groups is 5. The molecule has 2 aliphatic rings. The summed E-state index contributed by atoms with van der Waals surface area (Å²) >= 11 is 0. The van der Waals surface area contributed by atoms with Crippen molar-refractivity contribution in [1.29, 1.82) is 0 Å². The van der Waals surface area contributed by atoms with Gasteiger partial charge in [0.2, 0.25) is 11.8 Å². The summed E-state index contributed by atoms with van der Waals surface area (Å²) < 4.78 is 79.8. The van der Waals surface area contributed by atoms with Crippen LogP contribution in [0.3, 0.4) is 0 Å². The number of alkyl halides is 6. The Morgan fingerprint density at radius 2 is 1.73 bits per heavy atom. The van der Waals surface area contributed by atoms with Crippen molar-refractivity contribution in [2.75, 3.05) is 26.2 Å². The molecule has 3 N–H and O–H groups in total. The zero-order valence-corrected chi connectivity index (χ0v) is 20.2. The summed E-state index contributed by atoms with van der Waals surface area (Å²) in [5.74, 6) is -7.58. The number of nitrogens with one attached hydrogen (secondary N) is 3. The van der Waals surface area contributed by atoms with Crippen molar-refractivity contribution in [3.05, 3.63) is 0 Å². The molecule has 4 atom stereocenters. The van der Waals surface area contributed by atoms with Crippen LogP contribution >= 0.6 is 0 Å². The van der Waals surface area contributed by atoms with E-state index in [9.17, 15) is 50.3 Å². The Morgan fingerprint density at radius 1 is 1.11 bits per heavy atom. The fraction of sp³-hybridized carbons (Fsp3) is 0.762. The van der Waals surface area contributed by atoms with Crippen molar-refractivity contribution in [1.82, 2.24) is 20.9 Å². The molecule has 0 aromatic carbocycles. The standard InChI is InChI=1S/C21H28F6N4O6/c1-10-7-31(18(36)17(35)30-19(2,3)20(22,23)24)8-12(10)16(34)29-13(6-11-4-5-28-15(11)33)14(32)9-37-21(25,26)27/h10-13H,4-9H2,1-3H3,(H,28,33)(H,29,34)(H,30,35)/t10-,11+,12-,13?/m1/s1. The third-order valence-corrected chi connectivity index (χ3v) is 6.33. The topological polar surface area (TPSA) is 134 Å². The van der Waals surface area contributed by atoms with Gasteiger partial charge in [-0.15, -0.1) is 13.2 Å². The number of carbonyl (C=O) groups excluding carboxylic acids is 5. The molecule has 0 aromatic rings. The molecule has 2 fully saturated rings. The van der Waals surface area contributed by atoms with Crippen LogP contribution in [0.2, 0.25) is 0 Å². The Bertz CT molecular complexity index is 922. The van der Waals surface area contributed by atoms with Gasteiger partial charge in [-0.05, 0) is 32.6 Å². The first-order chi connectivity index (χ1) is 16.8. The van der Waals surface area contributed by atoms with Crippen molar-refractivity contribution >= 4 is 29.4 Å². The second kappa shape index (κ2) is 11.2. The molecular weight excluding hydrogens is 518 g/mol. The largest absolute Gasteiger partial charge is 0.522 e. The molecule has 1 unspecified atom stereocenters. The quantitative estimate of drug-likeness (QED) is 0.303. The van der Waals surface area contributed by atoms with E-state index in [0.29, 0.717) is 26.8 Å². The van der Waals surface area contributed by atoms with Crippen LogP contribution in [0.5, 0.6) is 0 Å². The van der Waals surface area contributed by atoms with Gasteiger partial charge in [0.25, 0.3) is 0 Å². The van der Waals surface area contributed by atoms with Crippen LogP contribution in [0.1, 0.15) is 33.6 Å². The first-order valence-corrected chi connectivity index (χ1v) is 11.3. The average Bonchev–Trinajstić information content (AvgIpc) is 3.34. The Morgan fingerprint density at radius 3 is 2.24 bits per heavy atom. The lowest BCUT2D eigenvalue weighted by Crippen LogP contribution is -2.57. The molecule has 0 bridgehead atoms. The van der Waals surface area contributed by atoms with E-state index in [4.69, 9.17) is 0 Å². The average molecular weight is 546 g/mol. The van der Waals surface area contributed by atoms with Crippen LogP contribution in [0.15, 0.2) is 0 Å². The van der Waals surface area contributed by atoms with E-state index in [1.807, 2.05) is 0 Å². The molecule has 0 aliphatic carbocycles. The summed E-state index contributed by atoms with van der Waals surface area (Å²) in [5, 5.41) is 6.44. The molecule has 16 heteroatoms. The molecule has 2 rings (SSSR count). The molecule has 2 saturated heterocycles. The van der Waals surface area contributed by atoms with E-state index in [2.05, 4.69) is 15.4 Å². The van der Waals surface area contributed by atoms with Crippen LogP contribution in [0.25, 0.3) is 0 Å². The number of amides is 4. The van der Waals surface area contributed by atoms with Gasteiger partial charge in [-0.1, -0.05) is 6.92 Å². The maximum Gasteiger partial charge on any atom is 0.522 e. The Hall–Kier alpha value is -2.91. The summed E-state index contributed by atoms with van der Waals surface area (Å²) in [7, 11) is 0. The summed E-state index contributed by atoms with van der Waals surface area (Å²) in [6, 6.07) is -1.50. The molecule has 0 saturated carbocycles. The third kappa shape index (κ3) is 8.04. The first-order valence-electron chi connectivity index (χ1n) is 11.3. The fourth-order valence-electron chi connectivity index (χ4n) is 3.98. The normalized spacial score (nSPS) is 23.4. The van der Waals surface area contributed by atoms with Crippen molar-refractivity contribution in [2.45, 2.75) is 57.7 Å². The number of ether oxygens (including phenoxy) is 1. The van der Waals surface area contributed by atoms with Crippen molar-refractivity contribution in [3.63, 3.8) is 0 Å². The summed E-state index contributed by atoms with van der Waals surface area (Å²) in [6.07, 6.45) is -9.92. The lowest BCUT2D eigenvalue weighted by Gasteiger charge is -2.29. The van der Waals surface area contributed by atoms with E-state index < -0.39 is 77.9 Å². The van der Waals surface area contributed by atoms with Gasteiger partial charge in [0.15, 0.2) is 5.78 Å². The highest BCUT2D eigenvalue weighted by Gasteiger charge is 2.50. The van der Waals surface area contributed by atoms with E-state index in [1.54, 1.807) is 5.32 Å². The van der Waals surface area contributed by atoms with E-state index in [0.717, 1.165) is 4.90 Å². The number of hydrogen-bond donors (Lipinski definition) is 3. The van der Waals surface area contributed by atoms with Crippen LogP contribution in [-0.2, 0) is 28.7 Å². The lowest BCUT2D eigenvalue weighted by molar-refractivity contribution is -0.321. The highest BCUT2D eigenvalue weighted by Crippen LogP contribution is 2.30. The SMILES string of the molecule is C[C@@H]1CN(C(=O)C(=O)NC(C)(C)C(F)(F)F)C[C@H]1C(=O)NC(C[C@@H]1CCNC1=O)C(=O)COC(F)(F)F. The van der Waals surface area contributed by atoms with Gasteiger partial charge in [0, 0.05) is 25.6 Å². The second-order valence-electron chi connectivity index (χ2n) is 9.65. The van der Waals surface area contributed by atoms with Gasteiger partial charge in [-0.3, -0.25) is 28.7 Å². The van der Waals surface area contributed by atoms with E-state index >= 15 is 0 Å². The Balaban J connectivity index is 2.07. The molecule has 210 valence electrons. The summed E-state index contributed by atoms with van der Waals surface area (Å²) in [6.45, 7) is 1.21. The molecule has 37 heavy (non-hydrogen) atoms. The molecule has 0 spiro atoms. The number of nitrogens with zero attached hydrogens (tertiary/aromatic N) is 1. The predicted octanol–water partition coefficient (Wildman–Crippen LogP) is 0.655. The number of likely N-dealkylation sites (tertiary alicyclic amines) is 1. The first kappa shape index (κ1) is 30.3. The highest BCUT2D eigenvalue weighted by molar-refractivity contribution is 6.35. The molecule has 10 nitrogen and oxygen atoms in total. The molecule has 2 aliphatic heterocycles. The fourth-order valence-corrected chi connectivity index (χ4v) is 3.98. The highest BCUT2D eigenvalue weighted by atomic mass is 19.4. The smallest absolute Gasteiger partial charge is 0.356 e. The van der Waals surface area contributed by atoms with Crippen LogP contribution in [-0.4, -0.2) is 84.7 Å². The maximum atomic E-state index is 13.0. The van der Waals surface area contributed by atoms with E-state index in [1.165, 1.54) is 6.92 Å². The van der Waals surface area contributed by atoms with Crippen LogP contribution < -0.4 is 16.0 Å². The van der Waals surface area contributed by atoms with Gasteiger partial charge in [-0.25, -0.2) is 0 Å². The van der Waals surface area contributed by atoms with Crippen molar-refractivity contribution in [2.24, 2.45) is 17.8 Å². The Labute approximate surface area is 207 Å². The van der Waals surface area contributed by atoms with Gasteiger partial charge in [0.05, 0.1) is 12.0 Å². The summed E-state index contributed by atoms with van der Waals surface area (Å²) in [5.41, 5.74) is -2.69. The number of rotatable bonds is 8. The van der Waals surface area contributed by atoms with Crippen molar-refractivity contribution < 1.29 is 55.1 Å². The van der Waals surface area contributed by atoms with Crippen LogP contribution in [0, 0.1) is 17.8 Å². The predicted molar refractivity (Wildman–Crippen MR) is 112 cm³/mol. The van der Waals surface area contributed by atoms with Crippen molar-refractivity contribution in [3.8, 4) is 0 Å². The second-order valence-corrected chi connectivity index (χ2v) is 9.65. The lowest BCUT2D eigenvalue weighted by atomic mass is 9.93. The molecule has 0 radical (unpaired) electrons. The van der Waals surface area contributed by atoms with Gasteiger partial charge >= 0.3 is 24.4 Å². The number of halogens is 6. The van der Waals surface area contributed by atoms with E-state index in [-0.39, 0.29) is 19.5 Å². The molecule has 2 heterocycles. The minimum Gasteiger partial charge on any atom is -0.356 e. The third-order valence-electron chi connectivity index (χ3n) is 6.33. The maximum absolute atomic E-state index is 13.0. The molecule has 4 amide bonds. The van der Waals surface area contributed by atoms with Gasteiger partial charge in [0.1, 0.15) is 12.1 Å². The minimum atomic E-state index is -5.10. The van der Waals surface area contributed by atoms with Gasteiger partial charge in [-0.2, -0.15) is 13.2 Å².